The van der Waals surface area contributed by atoms with Gasteiger partial charge in [-0.25, -0.2) is 4.98 Å². The molecule has 0 fully saturated rings. The average molecular weight is 369 g/mol. The molecule has 0 amide bonds. The largest absolute Gasteiger partial charge is 0.463 e. The maximum absolute atomic E-state index is 12.6. The van der Waals surface area contributed by atoms with Gasteiger partial charge in [0.15, 0.2) is 11.4 Å². The number of hydrogen-bond donors (Lipinski definition) is 0. The molecule has 0 N–H and O–H groups in total. The van der Waals surface area contributed by atoms with Crippen LogP contribution in [0.3, 0.4) is 0 Å². The minimum atomic E-state index is -0.0914. The zero-order valence-corrected chi connectivity index (χ0v) is 15.0. The lowest BCUT2D eigenvalue weighted by atomic mass is 10.1. The number of carbonyl (C=O) groups is 1. The lowest BCUT2D eigenvalue weighted by Crippen LogP contribution is -2.07. The zero-order valence-electron chi connectivity index (χ0n) is 15.0. The fourth-order valence-electron chi connectivity index (χ4n) is 3.18. The summed E-state index contributed by atoms with van der Waals surface area (Å²) in [6.07, 6.45) is 10.5. The molecule has 7 nitrogen and oxygen atoms in total. The van der Waals surface area contributed by atoms with Crippen LogP contribution in [0, 0.1) is 0 Å². The van der Waals surface area contributed by atoms with Gasteiger partial charge < -0.3 is 4.42 Å². The van der Waals surface area contributed by atoms with Gasteiger partial charge in [-0.2, -0.15) is 5.10 Å². The quantitative estimate of drug-likeness (QED) is 0.450. The fraction of sp³-hybridized carbons (Fsp3) is 0.0952. The molecule has 7 heteroatoms. The van der Waals surface area contributed by atoms with Gasteiger partial charge in [-0.05, 0) is 24.3 Å². The van der Waals surface area contributed by atoms with Crippen molar-refractivity contribution in [3.8, 4) is 11.1 Å². The lowest BCUT2D eigenvalue weighted by molar-refractivity contribution is 0.0987. The van der Waals surface area contributed by atoms with Crippen LogP contribution in [0.4, 0.5) is 0 Å². The van der Waals surface area contributed by atoms with Crippen molar-refractivity contribution in [2.24, 2.45) is 7.05 Å². The number of nitrogens with zero attached hydrogens (tertiary/aromatic N) is 5. The number of ketones is 1. The molecule has 0 aliphatic carbocycles. The van der Waals surface area contributed by atoms with Gasteiger partial charge in [-0.15, -0.1) is 0 Å². The molecule has 136 valence electrons. The van der Waals surface area contributed by atoms with E-state index in [0.717, 1.165) is 27.4 Å². The number of carbonyl (C=O) groups excluding carboxylic acids is 1. The van der Waals surface area contributed by atoms with Crippen molar-refractivity contribution < 1.29 is 9.21 Å². The minimum Gasteiger partial charge on any atom is -0.463 e. The van der Waals surface area contributed by atoms with E-state index in [0.29, 0.717) is 17.0 Å². The second-order valence-electron chi connectivity index (χ2n) is 6.62. The average Bonchev–Trinajstić information content (AvgIpc) is 3.35. The number of hydrogen-bond acceptors (Lipinski definition) is 6. The minimum absolute atomic E-state index is 0.0914. The van der Waals surface area contributed by atoms with Gasteiger partial charge in [0, 0.05) is 47.0 Å². The molecule has 0 aliphatic heterocycles. The van der Waals surface area contributed by atoms with Gasteiger partial charge in [0.2, 0.25) is 0 Å². The third-order valence-corrected chi connectivity index (χ3v) is 4.63. The molecule has 28 heavy (non-hydrogen) atoms. The predicted molar refractivity (Wildman–Crippen MR) is 104 cm³/mol. The number of aromatic nitrogens is 5. The van der Waals surface area contributed by atoms with Crippen LogP contribution in [0.25, 0.3) is 33.0 Å². The number of fused-ring (bicyclic) bond motifs is 2. The van der Waals surface area contributed by atoms with Crippen molar-refractivity contribution in [2.75, 3.05) is 0 Å². The first-order chi connectivity index (χ1) is 13.7. The summed E-state index contributed by atoms with van der Waals surface area (Å²) >= 11 is 0. The van der Waals surface area contributed by atoms with Crippen molar-refractivity contribution in [1.82, 2.24) is 24.7 Å². The Labute approximate surface area is 159 Å². The Morgan fingerprint density at radius 3 is 2.79 bits per heavy atom. The first kappa shape index (κ1) is 16.3. The molecule has 0 saturated heterocycles. The van der Waals surface area contributed by atoms with Crippen molar-refractivity contribution in [1.29, 1.82) is 0 Å². The smallest absolute Gasteiger partial charge is 0.187 e. The summed E-state index contributed by atoms with van der Waals surface area (Å²) in [7, 11) is 1.88. The summed E-state index contributed by atoms with van der Waals surface area (Å²) in [6, 6.07) is 7.49. The van der Waals surface area contributed by atoms with E-state index in [-0.39, 0.29) is 12.2 Å². The number of rotatable bonds is 4. The topological polar surface area (TPSA) is 86.7 Å². The van der Waals surface area contributed by atoms with Crippen LogP contribution in [-0.2, 0) is 13.5 Å². The van der Waals surface area contributed by atoms with Crippen molar-refractivity contribution in [2.45, 2.75) is 6.42 Å². The Kier molecular flexibility index (Phi) is 3.72. The molecule has 0 aromatic carbocycles. The van der Waals surface area contributed by atoms with E-state index in [1.165, 1.54) is 0 Å². The van der Waals surface area contributed by atoms with Gasteiger partial charge in [-0.3, -0.25) is 19.4 Å². The molecule has 5 aromatic rings. The van der Waals surface area contributed by atoms with Crippen LogP contribution < -0.4 is 0 Å². The highest BCUT2D eigenvalue weighted by atomic mass is 16.3. The maximum Gasteiger partial charge on any atom is 0.187 e. The molecule has 0 radical (unpaired) electrons. The van der Waals surface area contributed by atoms with E-state index in [2.05, 4.69) is 20.1 Å². The van der Waals surface area contributed by atoms with Crippen LogP contribution in [0.15, 0.2) is 65.9 Å². The van der Waals surface area contributed by atoms with Gasteiger partial charge in [0.25, 0.3) is 0 Å². The number of Topliss-reactive ketones (excluding diaryl/α,β-unsaturated/α-hetero) is 1. The summed E-state index contributed by atoms with van der Waals surface area (Å²) in [4.78, 5) is 25.7. The number of aryl methyl sites for hydroxylation is 1. The Bertz CT molecular complexity index is 1340. The molecule has 0 aliphatic rings. The van der Waals surface area contributed by atoms with Crippen LogP contribution in [0.2, 0.25) is 0 Å². The molecular formula is C21H15N5O2. The van der Waals surface area contributed by atoms with Crippen LogP contribution in [0.1, 0.15) is 16.2 Å². The highest BCUT2D eigenvalue weighted by Crippen LogP contribution is 2.23. The normalized spacial score (nSPS) is 11.3. The van der Waals surface area contributed by atoms with Gasteiger partial charge in [0.1, 0.15) is 5.69 Å². The summed E-state index contributed by atoms with van der Waals surface area (Å²) in [5.41, 5.74) is 4.48. The first-order valence-electron chi connectivity index (χ1n) is 8.76. The van der Waals surface area contributed by atoms with Crippen LogP contribution in [0.5, 0.6) is 0 Å². The van der Waals surface area contributed by atoms with E-state index < -0.39 is 0 Å². The monoisotopic (exact) mass is 369 g/mol. The van der Waals surface area contributed by atoms with Crippen LogP contribution >= 0.6 is 0 Å². The summed E-state index contributed by atoms with van der Waals surface area (Å²) < 4.78 is 7.02. The summed E-state index contributed by atoms with van der Waals surface area (Å²) in [5.74, 6) is -0.0914. The van der Waals surface area contributed by atoms with E-state index in [9.17, 15) is 4.79 Å². The number of pyridine rings is 3. The molecule has 0 spiro atoms. The molecule has 0 unspecified atom stereocenters. The predicted octanol–water partition coefficient (Wildman–Crippen LogP) is 3.60. The van der Waals surface area contributed by atoms with Crippen molar-refractivity contribution >= 4 is 27.7 Å². The van der Waals surface area contributed by atoms with E-state index in [1.807, 2.05) is 31.4 Å². The highest BCUT2D eigenvalue weighted by Gasteiger charge is 2.12. The lowest BCUT2D eigenvalue weighted by Gasteiger charge is -2.04. The first-order valence-corrected chi connectivity index (χ1v) is 8.76. The third-order valence-electron chi connectivity index (χ3n) is 4.63. The molecule has 5 aromatic heterocycles. The zero-order chi connectivity index (χ0) is 19.1. The third kappa shape index (κ3) is 2.92. The van der Waals surface area contributed by atoms with Crippen LogP contribution in [-0.4, -0.2) is 30.5 Å². The standard InChI is InChI=1S/C21H15N5O2/c1-26-12-16(9-25-26)15-4-14-5-17(22-10-19(14)23-8-15)7-20(27)18-6-13-2-3-28-21(13)11-24-18/h2-6,8-12H,7H2,1H3. The fourth-order valence-corrected chi connectivity index (χ4v) is 3.18. The van der Waals surface area contributed by atoms with Gasteiger partial charge >= 0.3 is 0 Å². The van der Waals surface area contributed by atoms with Crippen molar-refractivity contribution in [3.05, 3.63) is 72.9 Å². The summed E-state index contributed by atoms with van der Waals surface area (Å²) in [5, 5.41) is 5.98. The molecule has 5 heterocycles. The summed E-state index contributed by atoms with van der Waals surface area (Å²) in [6.45, 7) is 0. The molecule has 5 rings (SSSR count). The van der Waals surface area contributed by atoms with Gasteiger partial charge in [0.05, 0.1) is 36.8 Å². The Hall–Kier alpha value is -3.87. The number of furan rings is 1. The molecule has 0 saturated carbocycles. The van der Waals surface area contributed by atoms with E-state index >= 15 is 0 Å². The second kappa shape index (κ2) is 6.38. The van der Waals surface area contributed by atoms with Gasteiger partial charge in [-0.1, -0.05) is 0 Å². The molecule has 0 atom stereocenters. The Balaban J connectivity index is 1.45. The maximum atomic E-state index is 12.6. The Morgan fingerprint density at radius 2 is 1.93 bits per heavy atom. The highest BCUT2D eigenvalue weighted by molar-refractivity contribution is 5.98. The van der Waals surface area contributed by atoms with E-state index in [4.69, 9.17) is 4.42 Å². The van der Waals surface area contributed by atoms with Crippen molar-refractivity contribution in [3.63, 3.8) is 0 Å². The Morgan fingerprint density at radius 1 is 1.00 bits per heavy atom. The molecular weight excluding hydrogens is 354 g/mol. The van der Waals surface area contributed by atoms with E-state index in [1.54, 1.807) is 41.8 Å². The second-order valence-corrected chi connectivity index (χ2v) is 6.62. The SMILES string of the molecule is Cn1cc(-c2cnc3cnc(CC(=O)c4cc5ccoc5cn4)cc3c2)cn1. The molecule has 0 bridgehead atoms.